The van der Waals surface area contributed by atoms with E-state index in [0.29, 0.717) is 11.9 Å². The fraction of sp³-hybridized carbons (Fsp3) is 0.278. The highest BCUT2D eigenvalue weighted by Crippen LogP contribution is 2.33. The summed E-state index contributed by atoms with van der Waals surface area (Å²) in [7, 11) is 0. The van der Waals surface area contributed by atoms with Crippen LogP contribution in [0.1, 0.15) is 31.7 Å². The Labute approximate surface area is 152 Å². The standard InChI is InChI=1S/C18H15N5O4/c24-23(25)16-8-7-15(26-16)18-20-17(21-27-18)11-5-6-14-13(9-11)19-10-22(14)12-3-1-2-4-12/h5-10,12H,1-4H2. The van der Waals surface area contributed by atoms with Gasteiger partial charge in [-0.2, -0.15) is 4.98 Å². The first-order valence-corrected chi connectivity index (χ1v) is 8.74. The molecular formula is C18H15N5O4. The Morgan fingerprint density at radius 1 is 1.19 bits per heavy atom. The van der Waals surface area contributed by atoms with E-state index in [4.69, 9.17) is 8.94 Å². The van der Waals surface area contributed by atoms with Crippen LogP contribution in [-0.4, -0.2) is 24.6 Å². The van der Waals surface area contributed by atoms with Crippen LogP contribution >= 0.6 is 0 Å². The van der Waals surface area contributed by atoms with Crippen molar-refractivity contribution in [3.05, 3.63) is 46.8 Å². The molecule has 0 bridgehead atoms. The number of hydrogen-bond acceptors (Lipinski definition) is 7. The fourth-order valence-electron chi connectivity index (χ4n) is 3.63. The number of nitro groups is 1. The maximum Gasteiger partial charge on any atom is 0.433 e. The molecule has 0 saturated heterocycles. The molecule has 1 saturated carbocycles. The molecule has 0 aliphatic heterocycles. The summed E-state index contributed by atoms with van der Waals surface area (Å²) in [6.45, 7) is 0. The maximum absolute atomic E-state index is 10.7. The number of imidazole rings is 1. The van der Waals surface area contributed by atoms with Crippen LogP contribution in [0, 0.1) is 10.1 Å². The Kier molecular flexibility index (Phi) is 3.52. The molecule has 1 aliphatic rings. The van der Waals surface area contributed by atoms with Crippen LogP contribution in [0.4, 0.5) is 5.88 Å². The van der Waals surface area contributed by atoms with Crippen molar-refractivity contribution in [1.29, 1.82) is 0 Å². The average Bonchev–Trinajstić information content (AvgIpc) is 3.47. The van der Waals surface area contributed by atoms with E-state index in [0.717, 1.165) is 16.6 Å². The second-order valence-corrected chi connectivity index (χ2v) is 6.61. The molecule has 3 heterocycles. The molecule has 3 aromatic heterocycles. The largest absolute Gasteiger partial charge is 0.433 e. The van der Waals surface area contributed by atoms with Crippen LogP contribution < -0.4 is 0 Å². The van der Waals surface area contributed by atoms with Gasteiger partial charge in [-0.25, -0.2) is 4.98 Å². The molecule has 5 rings (SSSR count). The van der Waals surface area contributed by atoms with Gasteiger partial charge in [0.25, 0.3) is 5.89 Å². The monoisotopic (exact) mass is 365 g/mol. The van der Waals surface area contributed by atoms with Crippen molar-refractivity contribution in [2.45, 2.75) is 31.7 Å². The van der Waals surface area contributed by atoms with Crippen LogP contribution in [0.3, 0.4) is 0 Å². The second-order valence-electron chi connectivity index (χ2n) is 6.61. The molecule has 9 nitrogen and oxygen atoms in total. The minimum atomic E-state index is -0.616. The van der Waals surface area contributed by atoms with E-state index in [2.05, 4.69) is 19.7 Å². The first kappa shape index (κ1) is 15.7. The number of benzene rings is 1. The lowest BCUT2D eigenvalue weighted by Crippen LogP contribution is -2.02. The van der Waals surface area contributed by atoms with Crippen LogP contribution in [0.5, 0.6) is 0 Å². The van der Waals surface area contributed by atoms with E-state index in [1.54, 1.807) is 0 Å². The third-order valence-electron chi connectivity index (χ3n) is 4.96. The van der Waals surface area contributed by atoms with Crippen molar-refractivity contribution >= 4 is 16.9 Å². The Morgan fingerprint density at radius 3 is 2.81 bits per heavy atom. The van der Waals surface area contributed by atoms with Crippen molar-refractivity contribution in [1.82, 2.24) is 19.7 Å². The number of nitrogens with zero attached hydrogens (tertiary/aromatic N) is 5. The second kappa shape index (κ2) is 6.04. The van der Waals surface area contributed by atoms with Gasteiger partial charge in [0.2, 0.25) is 5.82 Å². The summed E-state index contributed by atoms with van der Waals surface area (Å²) in [6.07, 6.45) is 6.81. The summed E-state index contributed by atoms with van der Waals surface area (Å²) < 4.78 is 12.5. The number of furan rings is 1. The molecule has 0 N–H and O–H groups in total. The van der Waals surface area contributed by atoms with E-state index in [-0.39, 0.29) is 17.5 Å². The molecular weight excluding hydrogens is 350 g/mol. The molecule has 0 atom stereocenters. The zero-order chi connectivity index (χ0) is 18.4. The lowest BCUT2D eigenvalue weighted by Gasteiger charge is -2.11. The average molecular weight is 365 g/mol. The summed E-state index contributed by atoms with van der Waals surface area (Å²) in [5.74, 6) is 0.256. The van der Waals surface area contributed by atoms with Crippen LogP contribution in [-0.2, 0) is 0 Å². The molecule has 0 radical (unpaired) electrons. The van der Waals surface area contributed by atoms with Gasteiger partial charge in [0.05, 0.1) is 23.4 Å². The topological polar surface area (TPSA) is 113 Å². The van der Waals surface area contributed by atoms with Gasteiger partial charge in [0.15, 0.2) is 5.76 Å². The highest BCUT2D eigenvalue weighted by Gasteiger charge is 2.21. The van der Waals surface area contributed by atoms with Gasteiger partial charge in [-0.1, -0.05) is 18.0 Å². The highest BCUT2D eigenvalue weighted by molar-refractivity contribution is 5.81. The number of rotatable bonds is 4. The van der Waals surface area contributed by atoms with E-state index >= 15 is 0 Å². The van der Waals surface area contributed by atoms with E-state index in [1.165, 1.54) is 37.8 Å². The molecule has 0 amide bonds. The fourth-order valence-corrected chi connectivity index (χ4v) is 3.63. The van der Waals surface area contributed by atoms with Crippen molar-refractivity contribution < 1.29 is 13.9 Å². The van der Waals surface area contributed by atoms with Crippen molar-refractivity contribution in [2.24, 2.45) is 0 Å². The molecule has 1 aliphatic carbocycles. The van der Waals surface area contributed by atoms with Gasteiger partial charge < -0.3 is 13.5 Å². The van der Waals surface area contributed by atoms with Gasteiger partial charge in [-0.05, 0) is 37.1 Å². The van der Waals surface area contributed by atoms with Gasteiger partial charge in [0.1, 0.15) is 4.92 Å². The molecule has 1 fully saturated rings. The van der Waals surface area contributed by atoms with Crippen LogP contribution in [0.2, 0.25) is 0 Å². The molecule has 136 valence electrons. The summed E-state index contributed by atoms with van der Waals surface area (Å²) in [5, 5.41) is 14.7. The van der Waals surface area contributed by atoms with Crippen LogP contribution in [0.15, 0.2) is 45.6 Å². The first-order chi connectivity index (χ1) is 13.2. The van der Waals surface area contributed by atoms with E-state index < -0.39 is 4.92 Å². The Bertz CT molecular complexity index is 1140. The third kappa shape index (κ3) is 2.67. The Morgan fingerprint density at radius 2 is 2.04 bits per heavy atom. The minimum Gasteiger partial charge on any atom is -0.395 e. The van der Waals surface area contributed by atoms with E-state index in [9.17, 15) is 10.1 Å². The lowest BCUT2D eigenvalue weighted by atomic mass is 10.1. The van der Waals surface area contributed by atoms with Gasteiger partial charge in [-0.15, -0.1) is 0 Å². The number of fused-ring (bicyclic) bond motifs is 1. The Hall–Kier alpha value is -3.49. The molecule has 0 unspecified atom stereocenters. The van der Waals surface area contributed by atoms with E-state index in [1.807, 2.05) is 24.5 Å². The molecule has 4 aromatic rings. The summed E-state index contributed by atoms with van der Waals surface area (Å²) in [5.41, 5.74) is 2.73. The summed E-state index contributed by atoms with van der Waals surface area (Å²) in [4.78, 5) is 18.9. The SMILES string of the molecule is O=[N+]([O-])c1ccc(-c2nc(-c3ccc4c(c3)ncn4C3CCCC3)no2)o1. The number of hydrogen-bond donors (Lipinski definition) is 0. The quantitative estimate of drug-likeness (QED) is 0.390. The maximum atomic E-state index is 10.7. The normalized spacial score (nSPS) is 15.0. The Balaban J connectivity index is 1.47. The molecule has 9 heteroatoms. The van der Waals surface area contributed by atoms with Crippen LogP contribution in [0.25, 0.3) is 34.1 Å². The molecule has 0 spiro atoms. The zero-order valence-electron chi connectivity index (χ0n) is 14.2. The van der Waals surface area contributed by atoms with Crippen molar-refractivity contribution in [3.8, 4) is 23.0 Å². The molecule has 27 heavy (non-hydrogen) atoms. The smallest absolute Gasteiger partial charge is 0.395 e. The summed E-state index contributed by atoms with van der Waals surface area (Å²) >= 11 is 0. The highest BCUT2D eigenvalue weighted by atomic mass is 16.6. The predicted octanol–water partition coefficient (Wildman–Crippen LogP) is 4.37. The van der Waals surface area contributed by atoms with Crippen molar-refractivity contribution in [2.75, 3.05) is 0 Å². The van der Waals surface area contributed by atoms with Crippen molar-refractivity contribution in [3.63, 3.8) is 0 Å². The third-order valence-corrected chi connectivity index (χ3v) is 4.96. The van der Waals surface area contributed by atoms with Gasteiger partial charge in [0, 0.05) is 11.6 Å². The van der Waals surface area contributed by atoms with Gasteiger partial charge in [-0.3, -0.25) is 10.1 Å². The molecule has 1 aromatic carbocycles. The summed E-state index contributed by atoms with van der Waals surface area (Å²) in [6, 6.07) is 9.06. The van der Waals surface area contributed by atoms with Gasteiger partial charge >= 0.3 is 5.88 Å². The predicted molar refractivity (Wildman–Crippen MR) is 94.9 cm³/mol. The minimum absolute atomic E-state index is 0.0923. The number of aromatic nitrogens is 4. The lowest BCUT2D eigenvalue weighted by molar-refractivity contribution is -0.401. The zero-order valence-corrected chi connectivity index (χ0v) is 14.2. The first-order valence-electron chi connectivity index (χ1n) is 8.74.